The van der Waals surface area contributed by atoms with E-state index in [1.54, 1.807) is 0 Å². The van der Waals surface area contributed by atoms with Crippen LogP contribution < -0.4 is 5.32 Å². The molecule has 0 saturated heterocycles. The number of aromatic carboxylic acids is 1. The number of aryl methyl sites for hydroxylation is 1. The van der Waals surface area contributed by atoms with E-state index >= 15 is 0 Å². The van der Waals surface area contributed by atoms with Crippen LogP contribution in [0, 0.1) is 0 Å². The summed E-state index contributed by atoms with van der Waals surface area (Å²) in [6.45, 7) is 3.93. The summed E-state index contributed by atoms with van der Waals surface area (Å²) >= 11 is 0. The number of pyridine rings is 1. The van der Waals surface area contributed by atoms with Crippen molar-refractivity contribution < 1.29 is 14.7 Å². The lowest BCUT2D eigenvalue weighted by atomic mass is 9.95. The lowest BCUT2D eigenvalue weighted by Crippen LogP contribution is -2.43. The van der Waals surface area contributed by atoms with Gasteiger partial charge in [-0.2, -0.15) is 0 Å². The highest BCUT2D eigenvalue weighted by Crippen LogP contribution is 2.14. The number of carbonyl (C=O) groups excluding carboxylic acids is 1. The third kappa shape index (κ3) is 4.92. The van der Waals surface area contributed by atoms with Crippen molar-refractivity contribution in [3.63, 3.8) is 0 Å². The van der Waals surface area contributed by atoms with E-state index in [0.29, 0.717) is 5.56 Å². The van der Waals surface area contributed by atoms with Gasteiger partial charge in [-0.25, -0.2) is 9.78 Å². The van der Waals surface area contributed by atoms with Crippen LogP contribution in [0.1, 0.15) is 46.7 Å². The van der Waals surface area contributed by atoms with Crippen molar-refractivity contribution in [2.75, 3.05) is 0 Å². The van der Waals surface area contributed by atoms with E-state index in [9.17, 15) is 9.59 Å². The molecule has 120 valence electrons. The molecule has 5 heteroatoms. The van der Waals surface area contributed by atoms with Crippen LogP contribution in [-0.2, 0) is 6.42 Å². The first kappa shape index (κ1) is 16.7. The average Bonchev–Trinajstić information content (AvgIpc) is 2.54. The molecule has 0 aliphatic heterocycles. The summed E-state index contributed by atoms with van der Waals surface area (Å²) in [5, 5.41) is 11.8. The van der Waals surface area contributed by atoms with E-state index in [0.717, 1.165) is 12.8 Å². The van der Waals surface area contributed by atoms with Crippen molar-refractivity contribution in [3.8, 4) is 0 Å². The Hall–Kier alpha value is -2.69. The molecule has 5 nitrogen and oxygen atoms in total. The van der Waals surface area contributed by atoms with E-state index < -0.39 is 5.97 Å². The molecule has 1 aromatic heterocycles. The molecule has 23 heavy (non-hydrogen) atoms. The highest BCUT2D eigenvalue weighted by Gasteiger charge is 2.21. The number of carboxylic acid groups (broad SMARTS) is 1. The minimum atomic E-state index is -1.11. The Balaban J connectivity index is 1.96. The zero-order chi connectivity index (χ0) is 16.9. The maximum Gasteiger partial charge on any atom is 0.354 e. The minimum Gasteiger partial charge on any atom is -0.477 e. The second kappa shape index (κ2) is 7.05. The second-order valence-electron chi connectivity index (χ2n) is 6.06. The van der Waals surface area contributed by atoms with Crippen LogP contribution in [0.5, 0.6) is 0 Å². The third-order valence-corrected chi connectivity index (χ3v) is 3.58. The van der Waals surface area contributed by atoms with E-state index in [1.165, 1.54) is 23.9 Å². The molecule has 2 rings (SSSR count). The zero-order valence-corrected chi connectivity index (χ0v) is 13.2. The first-order valence-corrected chi connectivity index (χ1v) is 7.43. The van der Waals surface area contributed by atoms with E-state index in [4.69, 9.17) is 5.11 Å². The fourth-order valence-corrected chi connectivity index (χ4v) is 2.20. The van der Waals surface area contributed by atoms with E-state index in [1.807, 2.05) is 32.0 Å². The fraction of sp³-hybridized carbons (Fsp3) is 0.278. The SMILES string of the molecule is CC(C)(CCc1ccccc1)NC(=O)c1ccc(C(=O)O)nc1. The Bertz CT molecular complexity index is 679. The number of hydrogen-bond acceptors (Lipinski definition) is 3. The van der Waals surface area contributed by atoms with Crippen LogP contribution in [0.3, 0.4) is 0 Å². The third-order valence-electron chi connectivity index (χ3n) is 3.58. The Morgan fingerprint density at radius 3 is 2.39 bits per heavy atom. The molecule has 1 amide bonds. The number of carbonyl (C=O) groups is 2. The summed E-state index contributed by atoms with van der Waals surface area (Å²) in [6.07, 6.45) is 2.94. The maximum atomic E-state index is 12.3. The van der Waals surface area contributed by atoms with Crippen molar-refractivity contribution in [2.24, 2.45) is 0 Å². The van der Waals surface area contributed by atoms with Gasteiger partial charge in [0.25, 0.3) is 5.91 Å². The summed E-state index contributed by atoms with van der Waals surface area (Å²) in [7, 11) is 0. The lowest BCUT2D eigenvalue weighted by Gasteiger charge is -2.26. The number of rotatable bonds is 6. The van der Waals surface area contributed by atoms with Gasteiger partial charge in [0.15, 0.2) is 0 Å². The molecule has 1 heterocycles. The quantitative estimate of drug-likeness (QED) is 0.859. The van der Waals surface area contributed by atoms with Crippen LogP contribution in [0.25, 0.3) is 0 Å². The van der Waals surface area contributed by atoms with Crippen LogP contribution >= 0.6 is 0 Å². The van der Waals surface area contributed by atoms with Crippen molar-refractivity contribution >= 4 is 11.9 Å². The molecule has 1 aromatic carbocycles. The van der Waals surface area contributed by atoms with Crippen LogP contribution in [0.2, 0.25) is 0 Å². The summed E-state index contributed by atoms with van der Waals surface area (Å²) in [6, 6.07) is 12.9. The molecule has 0 atom stereocenters. The van der Waals surface area contributed by atoms with E-state index in [2.05, 4.69) is 22.4 Å². The largest absolute Gasteiger partial charge is 0.477 e. The number of nitrogens with zero attached hydrogens (tertiary/aromatic N) is 1. The standard InChI is InChI=1S/C18H20N2O3/c1-18(2,11-10-13-6-4-3-5-7-13)20-16(21)14-8-9-15(17(22)23)19-12-14/h3-9,12H,10-11H2,1-2H3,(H,20,21)(H,22,23). The predicted molar refractivity (Wildman–Crippen MR) is 87.5 cm³/mol. The van der Waals surface area contributed by atoms with Gasteiger partial charge in [0.05, 0.1) is 5.56 Å². The van der Waals surface area contributed by atoms with Gasteiger partial charge in [-0.05, 0) is 44.4 Å². The van der Waals surface area contributed by atoms with Crippen LogP contribution in [-0.4, -0.2) is 27.5 Å². The summed E-state index contributed by atoms with van der Waals surface area (Å²) in [4.78, 5) is 26.8. The molecule has 0 radical (unpaired) electrons. The van der Waals surface area contributed by atoms with Gasteiger partial charge < -0.3 is 10.4 Å². The van der Waals surface area contributed by atoms with Crippen molar-refractivity contribution in [1.82, 2.24) is 10.3 Å². The molecular formula is C18H20N2O3. The Morgan fingerprint density at radius 2 is 1.83 bits per heavy atom. The van der Waals surface area contributed by atoms with E-state index in [-0.39, 0.29) is 17.1 Å². The van der Waals surface area contributed by atoms with Gasteiger partial charge in [0.1, 0.15) is 5.69 Å². The van der Waals surface area contributed by atoms with Crippen molar-refractivity contribution in [3.05, 3.63) is 65.5 Å². The van der Waals surface area contributed by atoms with Gasteiger partial charge in [-0.15, -0.1) is 0 Å². The van der Waals surface area contributed by atoms with Crippen molar-refractivity contribution in [1.29, 1.82) is 0 Å². The normalized spacial score (nSPS) is 11.0. The molecule has 0 unspecified atom stereocenters. The highest BCUT2D eigenvalue weighted by atomic mass is 16.4. The Kier molecular flexibility index (Phi) is 5.11. The zero-order valence-electron chi connectivity index (χ0n) is 13.2. The fourth-order valence-electron chi connectivity index (χ4n) is 2.20. The first-order valence-electron chi connectivity index (χ1n) is 7.43. The predicted octanol–water partition coefficient (Wildman–Crippen LogP) is 2.92. The summed E-state index contributed by atoms with van der Waals surface area (Å²) < 4.78 is 0. The van der Waals surface area contributed by atoms with Crippen molar-refractivity contribution in [2.45, 2.75) is 32.2 Å². The number of hydrogen-bond donors (Lipinski definition) is 2. The number of amides is 1. The maximum absolute atomic E-state index is 12.3. The number of carboxylic acids is 1. The number of benzene rings is 1. The average molecular weight is 312 g/mol. The minimum absolute atomic E-state index is 0.0788. The first-order chi connectivity index (χ1) is 10.9. The number of nitrogens with one attached hydrogen (secondary N) is 1. The van der Waals surface area contributed by atoms with Gasteiger partial charge in [-0.3, -0.25) is 4.79 Å². The number of aromatic nitrogens is 1. The Morgan fingerprint density at radius 1 is 1.13 bits per heavy atom. The molecule has 2 N–H and O–H groups in total. The molecule has 0 spiro atoms. The monoisotopic (exact) mass is 312 g/mol. The molecule has 0 aliphatic rings. The van der Waals surface area contributed by atoms with Gasteiger partial charge >= 0.3 is 5.97 Å². The topological polar surface area (TPSA) is 79.3 Å². The smallest absolute Gasteiger partial charge is 0.354 e. The molecule has 0 bridgehead atoms. The molecule has 0 saturated carbocycles. The summed E-state index contributed by atoms with van der Waals surface area (Å²) in [5.41, 5.74) is 1.12. The van der Waals surface area contributed by atoms with Crippen LogP contribution in [0.15, 0.2) is 48.7 Å². The second-order valence-corrected chi connectivity index (χ2v) is 6.06. The van der Waals surface area contributed by atoms with Gasteiger partial charge in [-0.1, -0.05) is 30.3 Å². The highest BCUT2D eigenvalue weighted by molar-refractivity contribution is 5.95. The molecule has 0 aliphatic carbocycles. The van der Waals surface area contributed by atoms with Gasteiger partial charge in [0, 0.05) is 11.7 Å². The van der Waals surface area contributed by atoms with Crippen LogP contribution in [0.4, 0.5) is 0 Å². The summed E-state index contributed by atoms with van der Waals surface area (Å²) in [5.74, 6) is -1.37. The Labute approximate surface area is 135 Å². The molecular weight excluding hydrogens is 292 g/mol. The lowest BCUT2D eigenvalue weighted by molar-refractivity contribution is 0.0689. The molecule has 2 aromatic rings. The van der Waals surface area contributed by atoms with Gasteiger partial charge in [0.2, 0.25) is 0 Å². The molecule has 0 fully saturated rings.